The van der Waals surface area contributed by atoms with Crippen molar-refractivity contribution >= 4 is 11.1 Å². The average molecular weight is 305 g/mol. The molecule has 0 fully saturated rings. The van der Waals surface area contributed by atoms with Crippen molar-refractivity contribution in [1.29, 1.82) is 0 Å². The fourth-order valence-electron chi connectivity index (χ4n) is 4.09. The van der Waals surface area contributed by atoms with E-state index in [-0.39, 0.29) is 0 Å². The molecule has 1 atom stereocenters. The van der Waals surface area contributed by atoms with Gasteiger partial charge in [-0.1, -0.05) is 30.3 Å². The van der Waals surface area contributed by atoms with Crippen LogP contribution in [0.25, 0.3) is 11.1 Å². The van der Waals surface area contributed by atoms with Crippen molar-refractivity contribution in [3.63, 3.8) is 0 Å². The van der Waals surface area contributed by atoms with Crippen LogP contribution in [-0.4, -0.2) is 32.6 Å². The Morgan fingerprint density at radius 1 is 1.09 bits per heavy atom. The lowest BCUT2D eigenvalue weighted by molar-refractivity contribution is 0.414. The maximum Gasteiger partial charge on any atom is 0.119 e. The van der Waals surface area contributed by atoms with Crippen molar-refractivity contribution < 1.29 is 4.74 Å². The Morgan fingerprint density at radius 3 is 2.70 bits per heavy atom. The molecule has 23 heavy (non-hydrogen) atoms. The van der Waals surface area contributed by atoms with Gasteiger partial charge in [0.15, 0.2) is 0 Å². The second-order valence-corrected chi connectivity index (χ2v) is 6.81. The number of rotatable bonds is 4. The van der Waals surface area contributed by atoms with Gasteiger partial charge >= 0.3 is 0 Å². The summed E-state index contributed by atoms with van der Waals surface area (Å²) in [6, 6.07) is 15.5. The zero-order valence-corrected chi connectivity index (χ0v) is 14.1. The molecular formula is C21H23NO. The number of hydrogen-bond donors (Lipinski definition) is 0. The molecule has 2 aliphatic carbocycles. The second-order valence-electron chi connectivity index (χ2n) is 6.81. The van der Waals surface area contributed by atoms with E-state index < -0.39 is 0 Å². The van der Waals surface area contributed by atoms with Gasteiger partial charge in [0.05, 0.1) is 7.11 Å². The summed E-state index contributed by atoms with van der Waals surface area (Å²) in [4.78, 5) is 2.27. The van der Waals surface area contributed by atoms with Crippen LogP contribution in [0.15, 0.2) is 42.5 Å². The van der Waals surface area contributed by atoms with Gasteiger partial charge < -0.3 is 9.64 Å². The van der Waals surface area contributed by atoms with Crippen LogP contribution in [0.1, 0.15) is 34.6 Å². The van der Waals surface area contributed by atoms with Crippen LogP contribution in [0, 0.1) is 0 Å². The Bertz CT molecular complexity index is 788. The topological polar surface area (TPSA) is 12.5 Å². The molecule has 4 rings (SSSR count). The molecule has 2 aliphatic rings. The van der Waals surface area contributed by atoms with E-state index >= 15 is 0 Å². The first-order valence-corrected chi connectivity index (χ1v) is 8.33. The van der Waals surface area contributed by atoms with Crippen molar-refractivity contribution in [3.05, 3.63) is 64.7 Å². The van der Waals surface area contributed by atoms with E-state index in [0.29, 0.717) is 5.92 Å². The van der Waals surface area contributed by atoms with Crippen LogP contribution in [-0.2, 0) is 6.42 Å². The molecule has 0 saturated carbocycles. The summed E-state index contributed by atoms with van der Waals surface area (Å²) in [5, 5.41) is 0. The van der Waals surface area contributed by atoms with Gasteiger partial charge in [-0.15, -0.1) is 0 Å². The van der Waals surface area contributed by atoms with Crippen LogP contribution in [0.3, 0.4) is 0 Å². The van der Waals surface area contributed by atoms with Gasteiger partial charge in [0.2, 0.25) is 0 Å². The third kappa shape index (κ3) is 2.29. The highest BCUT2D eigenvalue weighted by atomic mass is 16.5. The lowest BCUT2D eigenvalue weighted by Crippen LogP contribution is -2.13. The minimum atomic E-state index is 0.533. The van der Waals surface area contributed by atoms with Crippen LogP contribution in [0.5, 0.6) is 5.75 Å². The van der Waals surface area contributed by atoms with Crippen molar-refractivity contribution in [2.75, 3.05) is 27.7 Å². The zero-order chi connectivity index (χ0) is 16.0. The highest BCUT2D eigenvalue weighted by Gasteiger charge is 2.37. The predicted molar refractivity (Wildman–Crippen MR) is 95.9 cm³/mol. The van der Waals surface area contributed by atoms with E-state index in [0.717, 1.165) is 25.1 Å². The van der Waals surface area contributed by atoms with Gasteiger partial charge in [-0.2, -0.15) is 0 Å². The molecule has 118 valence electrons. The highest BCUT2D eigenvalue weighted by molar-refractivity contribution is 6.02. The molecule has 2 aromatic carbocycles. The van der Waals surface area contributed by atoms with Crippen molar-refractivity contribution in [2.45, 2.75) is 18.8 Å². The van der Waals surface area contributed by atoms with Gasteiger partial charge in [-0.25, -0.2) is 0 Å². The van der Waals surface area contributed by atoms with E-state index in [4.69, 9.17) is 4.74 Å². The number of ether oxygens (including phenoxy) is 1. The Hall–Kier alpha value is -2.06. The fraction of sp³-hybridized carbons (Fsp3) is 0.333. The first kappa shape index (κ1) is 14.5. The predicted octanol–water partition coefficient (Wildman–Crippen LogP) is 4.21. The molecule has 1 unspecified atom stereocenters. The Balaban J connectivity index is 1.87. The zero-order valence-electron chi connectivity index (χ0n) is 14.1. The highest BCUT2D eigenvalue weighted by Crippen LogP contribution is 2.55. The molecule has 0 amide bonds. The van der Waals surface area contributed by atoms with E-state index in [2.05, 4.69) is 61.5 Å². The summed E-state index contributed by atoms with van der Waals surface area (Å²) >= 11 is 0. The smallest absolute Gasteiger partial charge is 0.119 e. The standard InChI is InChI=1S/C21H23NO/c1-22(2)11-10-18-19-13-15(23-3)8-9-17(19)20-12-14-6-4-5-7-16(14)21(18)20/h4-9,13,20H,10-12H2,1-3H3. The number of benzene rings is 2. The molecular weight excluding hydrogens is 282 g/mol. The largest absolute Gasteiger partial charge is 0.497 e. The molecule has 0 saturated heterocycles. The first-order chi connectivity index (χ1) is 11.2. The summed E-state index contributed by atoms with van der Waals surface area (Å²) in [5.74, 6) is 1.49. The van der Waals surface area contributed by atoms with Gasteiger partial charge in [0, 0.05) is 12.5 Å². The van der Waals surface area contributed by atoms with E-state index in [9.17, 15) is 0 Å². The number of allylic oxidation sites excluding steroid dienone is 1. The van der Waals surface area contributed by atoms with Crippen molar-refractivity contribution in [2.24, 2.45) is 0 Å². The lowest BCUT2D eigenvalue weighted by atomic mass is 9.96. The quantitative estimate of drug-likeness (QED) is 0.839. The van der Waals surface area contributed by atoms with Crippen molar-refractivity contribution in [3.8, 4) is 5.75 Å². The third-order valence-corrected chi connectivity index (χ3v) is 5.18. The Morgan fingerprint density at radius 2 is 1.91 bits per heavy atom. The molecule has 2 heteroatoms. The SMILES string of the molecule is COc1ccc2c(c1)C(CCN(C)C)=C1c3ccccc3CC12. The fourth-order valence-corrected chi connectivity index (χ4v) is 4.09. The van der Waals surface area contributed by atoms with Gasteiger partial charge in [-0.3, -0.25) is 0 Å². The van der Waals surface area contributed by atoms with E-state index in [1.54, 1.807) is 12.7 Å². The minimum absolute atomic E-state index is 0.533. The van der Waals surface area contributed by atoms with E-state index in [1.807, 2.05) is 0 Å². The number of methoxy groups -OCH3 is 1. The van der Waals surface area contributed by atoms with Crippen LogP contribution < -0.4 is 4.74 Å². The molecule has 0 aromatic heterocycles. The Kier molecular flexibility index (Phi) is 3.50. The van der Waals surface area contributed by atoms with Crippen LogP contribution >= 0.6 is 0 Å². The minimum Gasteiger partial charge on any atom is -0.497 e. The molecule has 0 radical (unpaired) electrons. The normalized spacial score (nSPS) is 18.2. The second kappa shape index (κ2) is 5.54. The van der Waals surface area contributed by atoms with Gasteiger partial charge in [0.25, 0.3) is 0 Å². The summed E-state index contributed by atoms with van der Waals surface area (Å²) in [6.07, 6.45) is 2.23. The summed E-state index contributed by atoms with van der Waals surface area (Å²) in [5.41, 5.74) is 8.91. The maximum atomic E-state index is 5.47. The summed E-state index contributed by atoms with van der Waals surface area (Å²) < 4.78 is 5.47. The van der Waals surface area contributed by atoms with Gasteiger partial charge in [0.1, 0.15) is 5.75 Å². The molecule has 2 aromatic rings. The maximum absolute atomic E-state index is 5.47. The lowest BCUT2D eigenvalue weighted by Gasteiger charge is -2.14. The van der Waals surface area contributed by atoms with Crippen molar-refractivity contribution in [1.82, 2.24) is 4.90 Å². The molecule has 0 heterocycles. The molecule has 0 spiro atoms. The molecule has 0 bridgehead atoms. The monoisotopic (exact) mass is 305 g/mol. The number of fused-ring (bicyclic) bond motifs is 5. The number of hydrogen-bond acceptors (Lipinski definition) is 2. The van der Waals surface area contributed by atoms with Crippen LogP contribution in [0.2, 0.25) is 0 Å². The molecule has 0 N–H and O–H groups in total. The van der Waals surface area contributed by atoms with Crippen LogP contribution in [0.4, 0.5) is 0 Å². The third-order valence-electron chi connectivity index (χ3n) is 5.18. The summed E-state index contributed by atoms with van der Waals surface area (Å²) in [7, 11) is 6.04. The van der Waals surface area contributed by atoms with E-state index in [1.165, 1.54) is 27.8 Å². The molecule has 0 aliphatic heterocycles. The Labute approximate surface area is 138 Å². The number of nitrogens with zero attached hydrogens (tertiary/aromatic N) is 1. The molecule has 2 nitrogen and oxygen atoms in total. The van der Waals surface area contributed by atoms with Gasteiger partial charge in [-0.05, 0) is 72.5 Å². The average Bonchev–Trinajstić information content (AvgIpc) is 3.07. The summed E-state index contributed by atoms with van der Waals surface area (Å²) in [6.45, 7) is 1.07. The first-order valence-electron chi connectivity index (χ1n) is 8.33.